The highest BCUT2D eigenvalue weighted by Gasteiger charge is 2.36. The second-order valence-corrected chi connectivity index (χ2v) is 8.52. The molecule has 0 spiro atoms. The standard InChI is InChI=1S/C24H27F3N4O4/c1-3-5-19(14-8-10-16(11-9-14)24(25,26)27)30-23(33)18-6-4-7-20(31(34)35)21(18)29-17-12-15(13-17)22(32)28-2/h4,6-11,15,17,19,29H,3,5,12-13H2,1-2H3,(H,28,32)(H,30,33)/t15?,17?,19-/m1/s1. The third kappa shape index (κ3) is 6.09. The van der Waals surface area contributed by atoms with E-state index < -0.39 is 28.6 Å². The van der Waals surface area contributed by atoms with E-state index in [1.165, 1.54) is 37.4 Å². The minimum Gasteiger partial charge on any atom is -0.376 e. The minimum atomic E-state index is -4.47. The van der Waals surface area contributed by atoms with Crippen LogP contribution in [0.5, 0.6) is 0 Å². The Kier molecular flexibility index (Phi) is 7.98. The van der Waals surface area contributed by atoms with Gasteiger partial charge in [-0.3, -0.25) is 19.7 Å². The van der Waals surface area contributed by atoms with Gasteiger partial charge in [0.05, 0.1) is 22.1 Å². The highest BCUT2D eigenvalue weighted by Crippen LogP contribution is 2.36. The van der Waals surface area contributed by atoms with Crippen molar-refractivity contribution in [2.45, 2.75) is 50.9 Å². The molecule has 0 radical (unpaired) electrons. The maximum absolute atomic E-state index is 13.2. The van der Waals surface area contributed by atoms with Gasteiger partial charge in [-0.15, -0.1) is 0 Å². The lowest BCUT2D eigenvalue weighted by Crippen LogP contribution is -2.43. The fourth-order valence-electron chi connectivity index (χ4n) is 4.14. The number of nitrogens with one attached hydrogen (secondary N) is 3. The molecule has 11 heteroatoms. The normalized spacial score (nSPS) is 18.2. The van der Waals surface area contributed by atoms with Crippen molar-refractivity contribution in [3.05, 3.63) is 69.3 Å². The van der Waals surface area contributed by atoms with Gasteiger partial charge in [0, 0.05) is 25.1 Å². The number of hydrogen-bond donors (Lipinski definition) is 3. The lowest BCUT2D eigenvalue weighted by molar-refractivity contribution is -0.384. The highest BCUT2D eigenvalue weighted by atomic mass is 19.4. The van der Waals surface area contributed by atoms with E-state index >= 15 is 0 Å². The van der Waals surface area contributed by atoms with Gasteiger partial charge in [-0.2, -0.15) is 13.2 Å². The van der Waals surface area contributed by atoms with Crippen LogP contribution >= 0.6 is 0 Å². The van der Waals surface area contributed by atoms with Gasteiger partial charge >= 0.3 is 6.18 Å². The average Bonchev–Trinajstić information content (AvgIpc) is 2.79. The van der Waals surface area contributed by atoms with Crippen LogP contribution < -0.4 is 16.0 Å². The molecule has 2 aromatic rings. The summed E-state index contributed by atoms with van der Waals surface area (Å²) in [7, 11) is 1.54. The van der Waals surface area contributed by atoms with Crippen LogP contribution in [-0.4, -0.2) is 29.8 Å². The molecule has 0 saturated heterocycles. The van der Waals surface area contributed by atoms with E-state index in [2.05, 4.69) is 16.0 Å². The molecular weight excluding hydrogens is 465 g/mol. The fraction of sp³-hybridized carbons (Fsp3) is 0.417. The van der Waals surface area contributed by atoms with Gasteiger partial charge in [0.1, 0.15) is 5.69 Å². The first kappa shape index (κ1) is 26.0. The number of nitrogens with zero attached hydrogens (tertiary/aromatic N) is 1. The number of rotatable bonds is 9. The van der Waals surface area contributed by atoms with Gasteiger partial charge in [0.2, 0.25) is 5.91 Å². The van der Waals surface area contributed by atoms with Crippen LogP contribution in [0.4, 0.5) is 24.5 Å². The molecule has 3 N–H and O–H groups in total. The Morgan fingerprint density at radius 1 is 1.14 bits per heavy atom. The summed E-state index contributed by atoms with van der Waals surface area (Å²) in [5.41, 5.74) is -0.458. The smallest absolute Gasteiger partial charge is 0.376 e. The molecule has 3 rings (SSSR count). The SMILES string of the molecule is CCC[C@@H](NC(=O)c1cccc([N+](=O)[O-])c1NC1CC(C(=O)NC)C1)c1ccc(C(F)(F)F)cc1. The Labute approximate surface area is 200 Å². The van der Waals surface area contributed by atoms with Crippen LogP contribution in [0.25, 0.3) is 0 Å². The summed E-state index contributed by atoms with van der Waals surface area (Å²) in [6.45, 7) is 1.88. The zero-order valence-corrected chi connectivity index (χ0v) is 19.3. The number of anilines is 1. The van der Waals surface area contributed by atoms with Gasteiger partial charge in [-0.25, -0.2) is 0 Å². The Hall–Kier alpha value is -3.63. The molecule has 0 bridgehead atoms. The van der Waals surface area contributed by atoms with E-state index in [-0.39, 0.29) is 34.8 Å². The first-order valence-electron chi connectivity index (χ1n) is 11.3. The second-order valence-electron chi connectivity index (χ2n) is 8.52. The van der Waals surface area contributed by atoms with E-state index in [0.29, 0.717) is 31.2 Å². The van der Waals surface area contributed by atoms with E-state index in [9.17, 15) is 32.9 Å². The number of benzene rings is 2. The van der Waals surface area contributed by atoms with Crippen molar-refractivity contribution in [3.63, 3.8) is 0 Å². The fourth-order valence-corrected chi connectivity index (χ4v) is 4.14. The Morgan fingerprint density at radius 3 is 2.34 bits per heavy atom. The van der Waals surface area contributed by atoms with Crippen LogP contribution in [0.1, 0.15) is 60.1 Å². The molecule has 0 aliphatic heterocycles. The van der Waals surface area contributed by atoms with Crippen LogP contribution in [0, 0.1) is 16.0 Å². The summed E-state index contributed by atoms with van der Waals surface area (Å²) in [5, 5.41) is 20.1. The maximum Gasteiger partial charge on any atom is 0.416 e. The number of halogens is 3. The van der Waals surface area contributed by atoms with E-state index in [1.807, 2.05) is 6.92 Å². The summed E-state index contributed by atoms with van der Waals surface area (Å²) >= 11 is 0. The third-order valence-corrected chi connectivity index (χ3v) is 6.11. The topological polar surface area (TPSA) is 113 Å². The van der Waals surface area contributed by atoms with Crippen LogP contribution in [-0.2, 0) is 11.0 Å². The molecule has 1 aliphatic carbocycles. The molecule has 0 heterocycles. The van der Waals surface area contributed by atoms with Crippen molar-refractivity contribution < 1.29 is 27.7 Å². The van der Waals surface area contributed by atoms with Gasteiger partial charge < -0.3 is 16.0 Å². The summed E-state index contributed by atoms with van der Waals surface area (Å²) in [6, 6.07) is 7.91. The molecule has 35 heavy (non-hydrogen) atoms. The number of nitro benzene ring substituents is 1. The van der Waals surface area contributed by atoms with Gasteiger partial charge in [-0.05, 0) is 43.0 Å². The Bertz CT molecular complexity index is 1080. The second kappa shape index (κ2) is 10.7. The lowest BCUT2D eigenvalue weighted by atomic mass is 9.79. The molecule has 0 aromatic heterocycles. The zero-order chi connectivity index (χ0) is 25.8. The maximum atomic E-state index is 13.2. The molecule has 188 valence electrons. The van der Waals surface area contributed by atoms with Crippen molar-refractivity contribution in [2.75, 3.05) is 12.4 Å². The number of carbonyl (C=O) groups excluding carboxylic acids is 2. The molecule has 8 nitrogen and oxygen atoms in total. The average molecular weight is 492 g/mol. The third-order valence-electron chi connectivity index (χ3n) is 6.11. The predicted molar refractivity (Wildman–Crippen MR) is 124 cm³/mol. The minimum absolute atomic E-state index is 0.0515. The number of nitro groups is 1. The van der Waals surface area contributed by atoms with E-state index in [4.69, 9.17) is 0 Å². The van der Waals surface area contributed by atoms with Gasteiger partial charge in [-0.1, -0.05) is 31.5 Å². The van der Waals surface area contributed by atoms with Crippen molar-refractivity contribution in [1.82, 2.24) is 10.6 Å². The zero-order valence-electron chi connectivity index (χ0n) is 19.3. The first-order valence-corrected chi connectivity index (χ1v) is 11.3. The van der Waals surface area contributed by atoms with Crippen molar-refractivity contribution >= 4 is 23.2 Å². The molecule has 0 unspecified atom stereocenters. The van der Waals surface area contributed by atoms with Crippen molar-refractivity contribution in [3.8, 4) is 0 Å². The molecular formula is C24H27F3N4O4. The quantitative estimate of drug-likeness (QED) is 0.343. The number of hydrogen-bond acceptors (Lipinski definition) is 5. The highest BCUT2D eigenvalue weighted by molar-refractivity contribution is 6.02. The largest absolute Gasteiger partial charge is 0.416 e. The monoisotopic (exact) mass is 492 g/mol. The number of amides is 2. The van der Waals surface area contributed by atoms with Gasteiger partial charge in [0.25, 0.3) is 11.6 Å². The van der Waals surface area contributed by atoms with Crippen LogP contribution in [0.3, 0.4) is 0 Å². The van der Waals surface area contributed by atoms with Crippen molar-refractivity contribution in [1.29, 1.82) is 0 Å². The Balaban J connectivity index is 1.83. The van der Waals surface area contributed by atoms with E-state index in [1.54, 1.807) is 0 Å². The summed E-state index contributed by atoms with van der Waals surface area (Å²) < 4.78 is 38.8. The summed E-state index contributed by atoms with van der Waals surface area (Å²) in [4.78, 5) is 36.0. The number of carbonyl (C=O) groups is 2. The molecule has 1 aliphatic rings. The van der Waals surface area contributed by atoms with E-state index in [0.717, 1.165) is 12.1 Å². The number of alkyl halides is 3. The molecule has 2 amide bonds. The van der Waals surface area contributed by atoms with Crippen LogP contribution in [0.2, 0.25) is 0 Å². The Morgan fingerprint density at radius 2 is 1.80 bits per heavy atom. The first-order chi connectivity index (χ1) is 16.5. The van der Waals surface area contributed by atoms with Crippen molar-refractivity contribution in [2.24, 2.45) is 5.92 Å². The summed E-state index contributed by atoms with van der Waals surface area (Å²) in [6.07, 6.45) is -2.42. The molecule has 1 fully saturated rings. The summed E-state index contributed by atoms with van der Waals surface area (Å²) in [5.74, 6) is -0.898. The molecule has 2 aromatic carbocycles. The van der Waals surface area contributed by atoms with Gasteiger partial charge in [0.15, 0.2) is 0 Å². The van der Waals surface area contributed by atoms with Crippen LogP contribution in [0.15, 0.2) is 42.5 Å². The molecule has 1 saturated carbocycles. The number of para-hydroxylation sites is 1. The molecule has 1 atom stereocenters. The predicted octanol–water partition coefficient (Wildman–Crippen LogP) is 4.82. The lowest BCUT2D eigenvalue weighted by Gasteiger charge is -2.35.